The number of nitriles is 1. The van der Waals surface area contributed by atoms with Gasteiger partial charge in [0.25, 0.3) is 0 Å². The number of nitrogens with zero attached hydrogens (tertiary/aromatic N) is 2. The summed E-state index contributed by atoms with van der Waals surface area (Å²) < 4.78 is 0. The van der Waals surface area contributed by atoms with Gasteiger partial charge in [0.05, 0.1) is 11.3 Å². The maximum atomic E-state index is 8.73. The minimum Gasteiger partial charge on any atom is -0.398 e. The topological polar surface area (TPSA) is 65.1 Å². The second-order valence-electron chi connectivity index (χ2n) is 3.74. The Morgan fingerprint density at radius 1 is 1.50 bits per heavy atom. The average Bonchev–Trinajstić information content (AvgIpc) is 2.29. The van der Waals surface area contributed by atoms with Gasteiger partial charge in [-0.25, -0.2) is 0 Å². The third-order valence-corrected chi connectivity index (χ3v) is 2.53. The van der Waals surface area contributed by atoms with E-state index in [0.717, 1.165) is 25.3 Å². The predicted molar refractivity (Wildman–Crippen MR) is 67.2 cm³/mol. The Hall–Kier alpha value is -1.73. The number of hydrogen-bond donors (Lipinski definition) is 2. The Morgan fingerprint density at radius 3 is 2.81 bits per heavy atom. The molecule has 0 saturated heterocycles. The second kappa shape index (κ2) is 5.99. The fraction of sp³-hybridized carbons (Fsp3) is 0.417. The lowest BCUT2D eigenvalue weighted by Crippen LogP contribution is -2.24. The number of nitrogens with two attached hydrogens (primary N) is 1. The highest BCUT2D eigenvalue weighted by Crippen LogP contribution is 2.16. The summed E-state index contributed by atoms with van der Waals surface area (Å²) >= 11 is 0. The highest BCUT2D eigenvalue weighted by atomic mass is 15.1. The van der Waals surface area contributed by atoms with E-state index in [1.165, 1.54) is 0 Å². The second-order valence-corrected chi connectivity index (χ2v) is 3.74. The fourth-order valence-electron chi connectivity index (χ4n) is 1.32. The van der Waals surface area contributed by atoms with E-state index in [9.17, 15) is 0 Å². The van der Waals surface area contributed by atoms with Crippen molar-refractivity contribution in [1.29, 1.82) is 5.26 Å². The molecule has 3 N–H and O–H groups in total. The van der Waals surface area contributed by atoms with Crippen LogP contribution in [0.25, 0.3) is 0 Å². The summed E-state index contributed by atoms with van der Waals surface area (Å²) in [6.07, 6.45) is 0. The van der Waals surface area contributed by atoms with Crippen molar-refractivity contribution in [3.05, 3.63) is 23.8 Å². The van der Waals surface area contributed by atoms with Gasteiger partial charge in [0.15, 0.2) is 0 Å². The van der Waals surface area contributed by atoms with Crippen molar-refractivity contribution in [3.8, 4) is 6.07 Å². The lowest BCUT2D eigenvalue weighted by atomic mass is 10.2. The van der Waals surface area contributed by atoms with Crippen LogP contribution in [0.2, 0.25) is 0 Å². The molecule has 0 aliphatic rings. The van der Waals surface area contributed by atoms with Crippen LogP contribution in [-0.2, 0) is 0 Å². The quantitative estimate of drug-likeness (QED) is 0.735. The standard InChI is InChI=1S/C12H18N4/c1-3-16(2)7-6-15-11-5-4-10(9-13)12(14)8-11/h4-5,8,15H,3,6-7,14H2,1-2H3. The van der Waals surface area contributed by atoms with Crippen LogP contribution in [0.15, 0.2) is 18.2 Å². The van der Waals surface area contributed by atoms with Gasteiger partial charge in [-0.2, -0.15) is 5.26 Å². The van der Waals surface area contributed by atoms with Gasteiger partial charge >= 0.3 is 0 Å². The number of hydrogen-bond acceptors (Lipinski definition) is 4. The first-order valence-corrected chi connectivity index (χ1v) is 5.39. The molecule has 4 nitrogen and oxygen atoms in total. The molecule has 16 heavy (non-hydrogen) atoms. The zero-order chi connectivity index (χ0) is 12.0. The molecule has 4 heteroatoms. The SMILES string of the molecule is CCN(C)CCNc1ccc(C#N)c(N)c1. The van der Waals surface area contributed by atoms with Crippen molar-refractivity contribution in [3.63, 3.8) is 0 Å². The van der Waals surface area contributed by atoms with E-state index in [-0.39, 0.29) is 0 Å². The summed E-state index contributed by atoms with van der Waals surface area (Å²) in [7, 11) is 2.08. The van der Waals surface area contributed by atoms with Gasteiger partial charge in [-0.1, -0.05) is 6.92 Å². The predicted octanol–water partition coefficient (Wildman–Crippen LogP) is 1.50. The first kappa shape index (κ1) is 12.3. The Balaban J connectivity index is 2.50. The smallest absolute Gasteiger partial charge is 0.101 e. The molecule has 0 aliphatic heterocycles. The van der Waals surface area contributed by atoms with E-state index < -0.39 is 0 Å². The summed E-state index contributed by atoms with van der Waals surface area (Å²) in [6, 6.07) is 7.45. The van der Waals surface area contributed by atoms with Gasteiger partial charge in [0, 0.05) is 18.8 Å². The largest absolute Gasteiger partial charge is 0.398 e. The lowest BCUT2D eigenvalue weighted by Gasteiger charge is -2.14. The minimum absolute atomic E-state index is 0.524. The minimum atomic E-state index is 0.524. The Labute approximate surface area is 96.7 Å². The summed E-state index contributed by atoms with van der Waals surface area (Å²) in [5.74, 6) is 0. The van der Waals surface area contributed by atoms with Crippen molar-refractivity contribution < 1.29 is 0 Å². The lowest BCUT2D eigenvalue weighted by molar-refractivity contribution is 0.367. The summed E-state index contributed by atoms with van der Waals surface area (Å²) in [6.45, 7) is 5.02. The third-order valence-electron chi connectivity index (χ3n) is 2.53. The van der Waals surface area contributed by atoms with E-state index in [1.54, 1.807) is 12.1 Å². The molecule has 0 fully saturated rings. The number of nitrogens with one attached hydrogen (secondary N) is 1. The molecule has 86 valence electrons. The van der Waals surface area contributed by atoms with Crippen LogP contribution in [0, 0.1) is 11.3 Å². The van der Waals surface area contributed by atoms with E-state index in [0.29, 0.717) is 11.3 Å². The molecule has 1 aromatic carbocycles. The number of likely N-dealkylation sites (N-methyl/N-ethyl adjacent to an activating group) is 1. The van der Waals surface area contributed by atoms with Gasteiger partial charge in [0.1, 0.15) is 6.07 Å². The summed E-state index contributed by atoms with van der Waals surface area (Å²) in [5, 5.41) is 12.0. The Morgan fingerprint density at radius 2 is 2.25 bits per heavy atom. The molecule has 0 aliphatic carbocycles. The van der Waals surface area contributed by atoms with Crippen LogP contribution in [0.4, 0.5) is 11.4 Å². The molecule has 1 aromatic rings. The van der Waals surface area contributed by atoms with Crippen molar-refractivity contribution in [2.75, 3.05) is 37.7 Å². The number of rotatable bonds is 5. The Bertz CT molecular complexity index is 381. The number of nitrogen functional groups attached to an aromatic ring is 1. The molecular weight excluding hydrogens is 200 g/mol. The molecule has 0 atom stereocenters. The zero-order valence-electron chi connectivity index (χ0n) is 9.83. The highest BCUT2D eigenvalue weighted by Gasteiger charge is 1.99. The summed E-state index contributed by atoms with van der Waals surface area (Å²) in [5.41, 5.74) is 7.72. The molecule has 0 spiro atoms. The van der Waals surface area contributed by atoms with Gasteiger partial charge in [-0.3, -0.25) is 0 Å². The van der Waals surface area contributed by atoms with Gasteiger partial charge in [-0.15, -0.1) is 0 Å². The molecule has 0 bridgehead atoms. The summed E-state index contributed by atoms with van der Waals surface area (Å²) in [4.78, 5) is 2.22. The maximum absolute atomic E-state index is 8.73. The van der Waals surface area contributed by atoms with Crippen LogP contribution in [-0.4, -0.2) is 31.6 Å². The van der Waals surface area contributed by atoms with Crippen molar-refractivity contribution in [2.45, 2.75) is 6.92 Å². The molecule has 0 amide bonds. The molecule has 0 heterocycles. The first-order chi connectivity index (χ1) is 7.67. The molecule has 1 rings (SSSR count). The molecule has 0 radical (unpaired) electrons. The maximum Gasteiger partial charge on any atom is 0.101 e. The van der Waals surface area contributed by atoms with Gasteiger partial charge in [0.2, 0.25) is 0 Å². The van der Waals surface area contributed by atoms with Gasteiger partial charge < -0.3 is 16.0 Å². The van der Waals surface area contributed by atoms with Crippen LogP contribution in [0.5, 0.6) is 0 Å². The van der Waals surface area contributed by atoms with Crippen LogP contribution in [0.1, 0.15) is 12.5 Å². The van der Waals surface area contributed by atoms with Crippen molar-refractivity contribution >= 4 is 11.4 Å². The van der Waals surface area contributed by atoms with Crippen LogP contribution < -0.4 is 11.1 Å². The fourth-order valence-corrected chi connectivity index (χ4v) is 1.32. The van der Waals surface area contributed by atoms with Crippen molar-refractivity contribution in [2.24, 2.45) is 0 Å². The first-order valence-electron chi connectivity index (χ1n) is 5.39. The van der Waals surface area contributed by atoms with Crippen LogP contribution >= 0.6 is 0 Å². The average molecular weight is 218 g/mol. The third kappa shape index (κ3) is 3.44. The van der Waals surface area contributed by atoms with Crippen molar-refractivity contribution in [1.82, 2.24) is 4.90 Å². The highest BCUT2D eigenvalue weighted by molar-refractivity contribution is 5.62. The zero-order valence-corrected chi connectivity index (χ0v) is 9.83. The normalized spacial score (nSPS) is 10.1. The van der Waals surface area contributed by atoms with E-state index in [4.69, 9.17) is 11.0 Å². The molecule has 0 saturated carbocycles. The van der Waals surface area contributed by atoms with Crippen LogP contribution in [0.3, 0.4) is 0 Å². The van der Waals surface area contributed by atoms with Gasteiger partial charge in [-0.05, 0) is 31.8 Å². The molecule has 0 aromatic heterocycles. The molecule has 0 unspecified atom stereocenters. The Kier molecular flexibility index (Phi) is 4.62. The van der Waals surface area contributed by atoms with E-state index in [1.807, 2.05) is 12.1 Å². The van der Waals surface area contributed by atoms with E-state index in [2.05, 4.69) is 24.2 Å². The molecular formula is C12H18N4. The monoisotopic (exact) mass is 218 g/mol. The number of benzene rings is 1. The van der Waals surface area contributed by atoms with E-state index >= 15 is 0 Å². The number of anilines is 2.